The van der Waals surface area contributed by atoms with Gasteiger partial charge in [0.05, 0.1) is 12.1 Å². The third-order valence-corrected chi connectivity index (χ3v) is 6.75. The van der Waals surface area contributed by atoms with Gasteiger partial charge >= 0.3 is 0 Å². The molecule has 0 saturated carbocycles. The average molecular weight is 479 g/mol. The molecule has 1 aromatic rings. The lowest BCUT2D eigenvalue weighted by Crippen LogP contribution is -2.59. The summed E-state index contributed by atoms with van der Waals surface area (Å²) in [7, 11) is 1.71. The first-order chi connectivity index (χ1) is 15.1. The first kappa shape index (κ1) is 27.1. The number of hydrogen-bond acceptors (Lipinski definition) is 4. The van der Waals surface area contributed by atoms with Crippen LogP contribution < -0.4 is 16.0 Å². The molecule has 0 spiro atoms. The third kappa shape index (κ3) is 6.27. The maximum atomic E-state index is 13.6. The van der Waals surface area contributed by atoms with Crippen LogP contribution in [0.3, 0.4) is 0 Å². The molecule has 2 aliphatic rings. The summed E-state index contributed by atoms with van der Waals surface area (Å²) in [6, 6.07) is 6.65. The minimum atomic E-state index is -0.699. The van der Waals surface area contributed by atoms with Crippen molar-refractivity contribution in [2.75, 3.05) is 13.6 Å². The Bertz CT molecular complexity index is 854. The van der Waals surface area contributed by atoms with Crippen molar-refractivity contribution >= 4 is 30.1 Å². The van der Waals surface area contributed by atoms with E-state index < -0.39 is 23.5 Å². The fourth-order valence-electron chi connectivity index (χ4n) is 4.69. The van der Waals surface area contributed by atoms with Gasteiger partial charge in [0.2, 0.25) is 17.7 Å². The van der Waals surface area contributed by atoms with Crippen molar-refractivity contribution in [3.05, 3.63) is 35.4 Å². The summed E-state index contributed by atoms with van der Waals surface area (Å²) in [6.07, 6.45) is 4.41. The molecule has 184 valence electrons. The lowest BCUT2D eigenvalue weighted by atomic mass is 9.85. The highest BCUT2D eigenvalue weighted by molar-refractivity contribution is 5.94. The van der Waals surface area contributed by atoms with Gasteiger partial charge in [0, 0.05) is 6.54 Å². The summed E-state index contributed by atoms with van der Waals surface area (Å²) < 4.78 is 0. The predicted octanol–water partition coefficient (Wildman–Crippen LogP) is 2.73. The Morgan fingerprint density at radius 1 is 1.09 bits per heavy atom. The number of fused-ring (bicyclic) bond motifs is 1. The molecule has 33 heavy (non-hydrogen) atoms. The van der Waals surface area contributed by atoms with Crippen LogP contribution in [0.15, 0.2) is 24.3 Å². The predicted molar refractivity (Wildman–Crippen MR) is 132 cm³/mol. The van der Waals surface area contributed by atoms with Gasteiger partial charge in [-0.3, -0.25) is 14.4 Å². The minimum absolute atomic E-state index is 0. The number of carbonyl (C=O) groups excluding carboxylic acids is 3. The van der Waals surface area contributed by atoms with E-state index in [1.165, 1.54) is 11.1 Å². The van der Waals surface area contributed by atoms with Gasteiger partial charge in [-0.1, -0.05) is 45.0 Å². The summed E-state index contributed by atoms with van der Waals surface area (Å²) in [4.78, 5) is 41.0. The van der Waals surface area contributed by atoms with Crippen LogP contribution in [0.4, 0.5) is 0 Å². The number of carbonyl (C=O) groups is 3. The molecule has 1 aliphatic carbocycles. The van der Waals surface area contributed by atoms with Crippen LogP contribution in [0.1, 0.15) is 70.5 Å². The van der Waals surface area contributed by atoms with Gasteiger partial charge in [-0.15, -0.1) is 12.4 Å². The van der Waals surface area contributed by atoms with E-state index in [0.29, 0.717) is 13.0 Å². The Labute approximate surface area is 203 Å². The summed E-state index contributed by atoms with van der Waals surface area (Å²) in [5, 5.41) is 9.04. The van der Waals surface area contributed by atoms with E-state index in [1.807, 2.05) is 32.9 Å². The van der Waals surface area contributed by atoms with Crippen molar-refractivity contribution in [3.8, 4) is 0 Å². The summed E-state index contributed by atoms with van der Waals surface area (Å²) >= 11 is 0. The number of likely N-dealkylation sites (N-methyl/N-ethyl adjacent to an activating group) is 1. The van der Waals surface area contributed by atoms with Gasteiger partial charge in [-0.2, -0.15) is 0 Å². The number of aryl methyl sites for hydroxylation is 1. The minimum Gasteiger partial charge on any atom is -0.347 e. The van der Waals surface area contributed by atoms with Crippen molar-refractivity contribution in [1.82, 2.24) is 20.9 Å². The van der Waals surface area contributed by atoms with Crippen molar-refractivity contribution < 1.29 is 14.4 Å². The van der Waals surface area contributed by atoms with Gasteiger partial charge in [-0.25, -0.2) is 0 Å². The van der Waals surface area contributed by atoms with Gasteiger partial charge in [0.1, 0.15) is 12.1 Å². The number of benzene rings is 1. The fraction of sp³-hybridized carbons (Fsp3) is 0.640. The Balaban J connectivity index is 0.00000385. The van der Waals surface area contributed by atoms with E-state index in [0.717, 1.165) is 25.7 Å². The van der Waals surface area contributed by atoms with Crippen molar-refractivity contribution in [3.63, 3.8) is 0 Å². The lowest BCUT2D eigenvalue weighted by molar-refractivity contribution is -0.144. The van der Waals surface area contributed by atoms with Crippen LogP contribution in [-0.4, -0.2) is 54.3 Å². The van der Waals surface area contributed by atoms with Crippen LogP contribution in [0.5, 0.6) is 0 Å². The maximum absolute atomic E-state index is 13.6. The molecule has 3 rings (SSSR count). The summed E-state index contributed by atoms with van der Waals surface area (Å²) in [6.45, 7) is 8.09. The fourth-order valence-corrected chi connectivity index (χ4v) is 4.69. The first-order valence-corrected chi connectivity index (χ1v) is 11.8. The smallest absolute Gasteiger partial charge is 0.246 e. The molecule has 0 aromatic heterocycles. The van der Waals surface area contributed by atoms with E-state index in [1.54, 1.807) is 18.9 Å². The number of nitrogens with one attached hydrogen (secondary N) is 3. The largest absolute Gasteiger partial charge is 0.347 e. The Kier molecular flexibility index (Phi) is 9.32. The lowest BCUT2D eigenvalue weighted by Gasteiger charge is -2.36. The van der Waals surface area contributed by atoms with E-state index in [2.05, 4.69) is 28.1 Å². The normalized spacial score (nSPS) is 21.9. The van der Waals surface area contributed by atoms with Gasteiger partial charge in [0.15, 0.2) is 0 Å². The zero-order valence-corrected chi connectivity index (χ0v) is 21.3. The molecule has 1 aliphatic heterocycles. The second-order valence-corrected chi connectivity index (χ2v) is 10.2. The maximum Gasteiger partial charge on any atom is 0.246 e. The van der Waals surface area contributed by atoms with Crippen LogP contribution in [-0.2, 0) is 20.8 Å². The molecule has 1 saturated heterocycles. The molecule has 1 fully saturated rings. The number of halogens is 1. The summed E-state index contributed by atoms with van der Waals surface area (Å²) in [5.74, 6) is -0.504. The topological polar surface area (TPSA) is 90.5 Å². The molecule has 3 N–H and O–H groups in total. The molecule has 1 aromatic carbocycles. The monoisotopic (exact) mass is 478 g/mol. The molecular weight excluding hydrogens is 440 g/mol. The van der Waals surface area contributed by atoms with E-state index in [9.17, 15) is 14.4 Å². The average Bonchev–Trinajstić information content (AvgIpc) is 3.26. The molecule has 7 nitrogen and oxygen atoms in total. The van der Waals surface area contributed by atoms with Crippen LogP contribution in [0.25, 0.3) is 0 Å². The van der Waals surface area contributed by atoms with Gasteiger partial charge in [0.25, 0.3) is 0 Å². The second-order valence-electron chi connectivity index (χ2n) is 10.2. The highest BCUT2D eigenvalue weighted by Gasteiger charge is 2.42. The van der Waals surface area contributed by atoms with Gasteiger partial charge in [-0.05, 0) is 62.6 Å². The molecule has 0 radical (unpaired) electrons. The number of rotatable bonds is 6. The zero-order valence-electron chi connectivity index (χ0n) is 20.4. The van der Waals surface area contributed by atoms with E-state index in [-0.39, 0.29) is 36.2 Å². The number of hydrogen-bond donors (Lipinski definition) is 3. The number of likely N-dealkylation sites (tertiary alicyclic amines) is 1. The first-order valence-electron chi connectivity index (χ1n) is 11.8. The highest BCUT2D eigenvalue weighted by Crippen LogP contribution is 2.31. The molecular formula is C25H39ClN4O3. The zero-order chi connectivity index (χ0) is 23.5. The second kappa shape index (κ2) is 11.3. The molecule has 3 amide bonds. The Morgan fingerprint density at radius 3 is 2.45 bits per heavy atom. The Morgan fingerprint density at radius 2 is 1.79 bits per heavy atom. The molecule has 8 heteroatoms. The quantitative estimate of drug-likeness (QED) is 0.586. The van der Waals surface area contributed by atoms with Gasteiger partial charge < -0.3 is 20.9 Å². The number of nitrogens with zero attached hydrogens (tertiary/aromatic N) is 1. The van der Waals surface area contributed by atoms with Crippen LogP contribution in [0, 0.1) is 5.41 Å². The molecule has 0 unspecified atom stereocenters. The van der Waals surface area contributed by atoms with Crippen molar-refractivity contribution in [1.29, 1.82) is 0 Å². The Hall–Kier alpha value is -2.12. The van der Waals surface area contributed by atoms with Crippen LogP contribution >= 0.6 is 12.4 Å². The van der Waals surface area contributed by atoms with Crippen molar-refractivity contribution in [2.45, 2.75) is 84.0 Å². The van der Waals surface area contributed by atoms with Crippen molar-refractivity contribution in [2.24, 2.45) is 5.41 Å². The van der Waals surface area contributed by atoms with Crippen LogP contribution in [0.2, 0.25) is 0 Å². The summed E-state index contributed by atoms with van der Waals surface area (Å²) in [5.41, 5.74) is 1.99. The molecule has 0 bridgehead atoms. The van der Waals surface area contributed by atoms with E-state index in [4.69, 9.17) is 0 Å². The number of amides is 3. The van der Waals surface area contributed by atoms with E-state index >= 15 is 0 Å². The highest BCUT2D eigenvalue weighted by atomic mass is 35.5. The molecule has 4 atom stereocenters. The standard InChI is InChI=1S/C25H38N4O3.ClH/c1-16(26-5)22(30)28-21(25(2,3)4)24(32)29-15-9-14-20(29)23(31)27-19-13-8-11-17-10-6-7-12-18(17)19;/h6-7,10,12,16,19-21,26H,8-9,11,13-15H2,1-5H3,(H,27,31)(H,28,30);1H/t16-,19+,20-,21+;/m0./s1. The SMILES string of the molecule is CN[C@@H](C)C(=O)N[C@H](C(=O)N1CCC[C@H]1C(=O)N[C@@H]1CCCc2ccccc21)C(C)(C)C.Cl. The molecule has 1 heterocycles. The third-order valence-electron chi connectivity index (χ3n) is 6.75.